The number of hydrogen-bond donors (Lipinski definition) is 0. The zero-order chi connectivity index (χ0) is 10.8. The molecule has 6 heteroatoms. The minimum absolute atomic E-state index is 0.699. The minimum Gasteiger partial charge on any atom is -0.345 e. The van der Waals surface area contributed by atoms with Crippen LogP contribution in [0.5, 0.6) is 0 Å². The Morgan fingerprint density at radius 1 is 0.688 bits per heavy atom. The van der Waals surface area contributed by atoms with Gasteiger partial charge in [0.2, 0.25) is 0 Å². The number of hydrogen-bond acceptors (Lipinski definition) is 6. The molecule has 0 unspecified atom stereocenters. The normalized spacial score (nSPS) is 10.5. The predicted octanol–water partition coefficient (Wildman–Crippen LogP) is 1.79. The fourth-order valence-electron chi connectivity index (χ4n) is 1.39. The van der Waals surface area contributed by atoms with E-state index >= 15 is 0 Å². The highest BCUT2D eigenvalue weighted by Crippen LogP contribution is 2.21. The Labute approximate surface area is 89.9 Å². The molecule has 0 saturated heterocycles. The molecule has 0 atom stereocenters. The van der Waals surface area contributed by atoms with Crippen molar-refractivity contribution in [2.24, 2.45) is 0 Å². The molecule has 0 aliphatic heterocycles. The van der Waals surface area contributed by atoms with Gasteiger partial charge in [-0.25, -0.2) is 0 Å². The Kier molecular flexibility index (Phi) is 1.96. The van der Waals surface area contributed by atoms with Gasteiger partial charge in [0.15, 0.2) is 12.5 Å². The highest BCUT2D eigenvalue weighted by Gasteiger charge is 2.04. The van der Waals surface area contributed by atoms with Gasteiger partial charge < -0.3 is 9.05 Å². The van der Waals surface area contributed by atoms with E-state index in [2.05, 4.69) is 29.8 Å². The van der Waals surface area contributed by atoms with Crippen molar-refractivity contribution in [3.63, 3.8) is 0 Å². The first kappa shape index (κ1) is 8.78. The second-order valence-electron chi connectivity index (χ2n) is 3.16. The Hall–Kier alpha value is -2.50. The van der Waals surface area contributed by atoms with E-state index in [-0.39, 0.29) is 0 Å². The van der Waals surface area contributed by atoms with Crippen LogP contribution < -0.4 is 0 Å². The van der Waals surface area contributed by atoms with Crippen LogP contribution in [-0.2, 0) is 0 Å². The summed E-state index contributed by atoms with van der Waals surface area (Å²) in [6.45, 7) is 0. The molecule has 0 spiro atoms. The molecule has 3 rings (SSSR count). The molecule has 0 radical (unpaired) electrons. The Morgan fingerprint density at radius 2 is 1.12 bits per heavy atom. The van der Waals surface area contributed by atoms with Crippen LogP contribution in [0, 0.1) is 0 Å². The summed E-state index contributed by atoms with van der Waals surface area (Å²) in [5.41, 5.74) is 3.26. The van der Waals surface area contributed by atoms with Gasteiger partial charge in [0, 0.05) is 21.7 Å². The summed E-state index contributed by atoms with van der Waals surface area (Å²) in [6.07, 6.45) is 2.99. The van der Waals surface area contributed by atoms with E-state index < -0.39 is 0 Å². The highest BCUT2D eigenvalue weighted by atomic mass is 16.5. The largest absolute Gasteiger partial charge is 0.345 e. The summed E-state index contributed by atoms with van der Waals surface area (Å²) in [4.78, 5) is 0. The molecule has 0 aliphatic carbocycles. The average molecular weight is 214 g/mol. The zero-order valence-corrected chi connectivity index (χ0v) is 8.07. The molecule has 78 valence electrons. The summed E-state index contributed by atoms with van der Waals surface area (Å²) < 4.78 is 9.35. The van der Waals surface area contributed by atoms with Gasteiger partial charge in [-0.1, -0.05) is 24.3 Å². The van der Waals surface area contributed by atoms with Crippen molar-refractivity contribution in [3.05, 3.63) is 36.8 Å². The maximum absolute atomic E-state index is 4.67. The smallest absolute Gasteiger partial charge is 0.152 e. The highest BCUT2D eigenvalue weighted by molar-refractivity contribution is 5.65. The standard InChI is InChI=1S/C10H6N4O2/c1-2-8(10-6-16-14-12-10)4-3-7(1)9-5-15-13-11-9/h1-6H. The first-order valence-electron chi connectivity index (χ1n) is 4.58. The molecule has 0 aliphatic rings. The molecule has 0 N–H and O–H groups in total. The first-order chi connectivity index (χ1) is 7.93. The number of nitrogens with zero attached hydrogens (tertiary/aromatic N) is 4. The second kappa shape index (κ2) is 3.58. The van der Waals surface area contributed by atoms with Crippen molar-refractivity contribution in [3.8, 4) is 22.5 Å². The van der Waals surface area contributed by atoms with Crippen molar-refractivity contribution in [1.29, 1.82) is 0 Å². The van der Waals surface area contributed by atoms with Gasteiger partial charge in [0.1, 0.15) is 11.4 Å². The quantitative estimate of drug-likeness (QED) is 0.647. The number of benzene rings is 1. The lowest BCUT2D eigenvalue weighted by molar-refractivity contribution is 0.392. The van der Waals surface area contributed by atoms with Crippen LogP contribution >= 0.6 is 0 Å². The molecule has 3 aromatic rings. The van der Waals surface area contributed by atoms with Crippen LogP contribution in [0.25, 0.3) is 22.5 Å². The molecule has 0 bridgehead atoms. The topological polar surface area (TPSA) is 77.8 Å². The van der Waals surface area contributed by atoms with E-state index in [4.69, 9.17) is 0 Å². The average Bonchev–Trinajstić information content (AvgIpc) is 3.03. The molecule has 16 heavy (non-hydrogen) atoms. The number of rotatable bonds is 2. The van der Waals surface area contributed by atoms with Crippen molar-refractivity contribution >= 4 is 0 Å². The molecule has 0 saturated carbocycles. The Bertz CT molecular complexity index is 504. The molecule has 1 aromatic carbocycles. The summed E-state index contributed by atoms with van der Waals surface area (Å²) >= 11 is 0. The van der Waals surface area contributed by atoms with Gasteiger partial charge in [-0.05, 0) is 0 Å². The molecule has 2 heterocycles. The lowest BCUT2D eigenvalue weighted by atomic mass is 10.1. The Morgan fingerprint density at radius 3 is 1.44 bits per heavy atom. The van der Waals surface area contributed by atoms with Crippen LogP contribution in [0.15, 0.2) is 45.8 Å². The summed E-state index contributed by atoms with van der Waals surface area (Å²) in [5.74, 6) is 0. The van der Waals surface area contributed by atoms with E-state index in [0.717, 1.165) is 11.1 Å². The summed E-state index contributed by atoms with van der Waals surface area (Å²) in [7, 11) is 0. The molecular formula is C10H6N4O2. The van der Waals surface area contributed by atoms with Crippen molar-refractivity contribution < 1.29 is 9.05 Å². The molecule has 0 fully saturated rings. The third kappa shape index (κ3) is 1.46. The van der Waals surface area contributed by atoms with E-state index in [0.29, 0.717) is 11.4 Å². The first-order valence-corrected chi connectivity index (χ1v) is 4.58. The maximum Gasteiger partial charge on any atom is 0.152 e. The van der Waals surface area contributed by atoms with Gasteiger partial charge in [0.05, 0.1) is 0 Å². The fourth-order valence-corrected chi connectivity index (χ4v) is 1.39. The van der Waals surface area contributed by atoms with E-state index in [1.165, 1.54) is 12.5 Å². The lowest BCUT2D eigenvalue weighted by Gasteiger charge is -1.96. The maximum atomic E-state index is 4.67. The van der Waals surface area contributed by atoms with E-state index in [9.17, 15) is 0 Å². The summed E-state index contributed by atoms with van der Waals surface area (Å²) in [6, 6.07) is 7.63. The lowest BCUT2D eigenvalue weighted by Crippen LogP contribution is -1.80. The van der Waals surface area contributed by atoms with Gasteiger partial charge in [0.25, 0.3) is 0 Å². The van der Waals surface area contributed by atoms with E-state index in [1.54, 1.807) is 0 Å². The fraction of sp³-hybridized carbons (Fsp3) is 0. The molecule has 6 nitrogen and oxygen atoms in total. The van der Waals surface area contributed by atoms with Gasteiger partial charge in [-0.15, -0.1) is 10.2 Å². The van der Waals surface area contributed by atoms with Gasteiger partial charge in [-0.3, -0.25) is 0 Å². The monoisotopic (exact) mass is 214 g/mol. The van der Waals surface area contributed by atoms with Crippen molar-refractivity contribution in [1.82, 2.24) is 20.7 Å². The van der Waals surface area contributed by atoms with Crippen molar-refractivity contribution in [2.45, 2.75) is 0 Å². The zero-order valence-electron chi connectivity index (χ0n) is 8.07. The second-order valence-corrected chi connectivity index (χ2v) is 3.16. The number of aromatic nitrogens is 4. The van der Waals surface area contributed by atoms with Crippen LogP contribution in [0.1, 0.15) is 0 Å². The third-order valence-electron chi connectivity index (χ3n) is 2.20. The third-order valence-corrected chi connectivity index (χ3v) is 2.20. The van der Waals surface area contributed by atoms with Crippen LogP contribution in [0.4, 0.5) is 0 Å². The summed E-state index contributed by atoms with van der Waals surface area (Å²) in [5, 5.41) is 14.4. The van der Waals surface area contributed by atoms with Crippen LogP contribution in [0.2, 0.25) is 0 Å². The SMILES string of the molecule is c1cc(-c2conn2)ccc1-c1conn1. The molecule has 2 aromatic heterocycles. The van der Waals surface area contributed by atoms with Crippen LogP contribution in [0.3, 0.4) is 0 Å². The minimum atomic E-state index is 0.699. The Balaban J connectivity index is 1.97. The predicted molar refractivity (Wildman–Crippen MR) is 53.0 cm³/mol. The van der Waals surface area contributed by atoms with Gasteiger partial charge in [-0.2, -0.15) is 0 Å². The van der Waals surface area contributed by atoms with Crippen molar-refractivity contribution in [2.75, 3.05) is 0 Å². The van der Waals surface area contributed by atoms with Gasteiger partial charge >= 0.3 is 0 Å². The molecular weight excluding hydrogens is 208 g/mol. The van der Waals surface area contributed by atoms with E-state index in [1.807, 2.05) is 24.3 Å². The molecule has 0 amide bonds. The van der Waals surface area contributed by atoms with Crippen LogP contribution in [-0.4, -0.2) is 20.7 Å².